The largest absolute Gasteiger partial charge is 0.478 e. The maximum atomic E-state index is 12.0. The fraction of sp³-hybridized carbons (Fsp3) is 0.0667. The molecular formula is C15H14N2O3. The van der Waals surface area contributed by atoms with Crippen LogP contribution in [0.2, 0.25) is 0 Å². The summed E-state index contributed by atoms with van der Waals surface area (Å²) in [4.78, 5) is 22.9. The number of carboxylic acids is 1. The highest BCUT2D eigenvalue weighted by Gasteiger charge is 2.15. The van der Waals surface area contributed by atoms with Crippen molar-refractivity contribution in [1.29, 1.82) is 0 Å². The summed E-state index contributed by atoms with van der Waals surface area (Å²) in [5.74, 6) is -1.44. The van der Waals surface area contributed by atoms with Gasteiger partial charge in [0.1, 0.15) is 6.04 Å². The van der Waals surface area contributed by atoms with Gasteiger partial charge < -0.3 is 16.2 Å². The van der Waals surface area contributed by atoms with Crippen LogP contribution in [0.3, 0.4) is 0 Å². The Hall–Kier alpha value is -2.66. The normalized spacial score (nSPS) is 11.7. The number of carboxylic acid groups (broad SMARTS) is 1. The highest BCUT2D eigenvalue weighted by Crippen LogP contribution is 2.15. The van der Waals surface area contributed by atoms with Crippen molar-refractivity contribution in [3.05, 3.63) is 65.7 Å². The molecule has 0 aliphatic heterocycles. The highest BCUT2D eigenvalue weighted by molar-refractivity contribution is 5.97. The molecule has 5 nitrogen and oxygen atoms in total. The van der Waals surface area contributed by atoms with Gasteiger partial charge in [-0.2, -0.15) is 0 Å². The first kappa shape index (κ1) is 13.8. The zero-order chi connectivity index (χ0) is 14.5. The minimum atomic E-state index is -1.05. The third-order valence-electron chi connectivity index (χ3n) is 2.82. The van der Waals surface area contributed by atoms with Gasteiger partial charge in [0.2, 0.25) is 5.91 Å². The Morgan fingerprint density at radius 3 is 2.40 bits per heavy atom. The minimum absolute atomic E-state index is 0.107. The zero-order valence-electron chi connectivity index (χ0n) is 10.6. The summed E-state index contributed by atoms with van der Waals surface area (Å²) in [5.41, 5.74) is 7.06. The van der Waals surface area contributed by atoms with Crippen LogP contribution in [0.4, 0.5) is 5.69 Å². The van der Waals surface area contributed by atoms with Gasteiger partial charge in [-0.1, -0.05) is 36.4 Å². The Balaban J connectivity index is 2.12. The van der Waals surface area contributed by atoms with Crippen LogP contribution in [-0.4, -0.2) is 17.0 Å². The van der Waals surface area contributed by atoms with Gasteiger partial charge in [-0.25, -0.2) is 4.79 Å². The molecule has 0 heterocycles. The quantitative estimate of drug-likeness (QED) is 0.792. The number of carbonyl (C=O) groups excluding carboxylic acids is 1. The van der Waals surface area contributed by atoms with Gasteiger partial charge in [0.25, 0.3) is 0 Å². The van der Waals surface area contributed by atoms with Crippen LogP contribution in [0.1, 0.15) is 22.0 Å². The predicted molar refractivity (Wildman–Crippen MR) is 75.4 cm³/mol. The first-order valence-corrected chi connectivity index (χ1v) is 6.02. The van der Waals surface area contributed by atoms with E-state index in [1.54, 1.807) is 36.4 Å². The summed E-state index contributed by atoms with van der Waals surface area (Å²) in [6, 6.07) is 14.2. The number of carbonyl (C=O) groups is 2. The van der Waals surface area contributed by atoms with Crippen molar-refractivity contribution in [2.24, 2.45) is 5.73 Å². The maximum Gasteiger partial charge on any atom is 0.335 e. The fourth-order valence-electron chi connectivity index (χ4n) is 1.76. The summed E-state index contributed by atoms with van der Waals surface area (Å²) in [6.07, 6.45) is 0. The number of nitrogens with two attached hydrogens (primary N) is 1. The summed E-state index contributed by atoms with van der Waals surface area (Å²) < 4.78 is 0. The SMILES string of the molecule is N[C@H](C(=O)Nc1cccc(C(=O)O)c1)c1ccccc1. The van der Waals surface area contributed by atoms with Crippen molar-refractivity contribution >= 4 is 17.6 Å². The molecule has 0 aromatic heterocycles. The lowest BCUT2D eigenvalue weighted by Gasteiger charge is -2.12. The van der Waals surface area contributed by atoms with Crippen LogP contribution in [0.5, 0.6) is 0 Å². The number of nitrogens with one attached hydrogen (secondary N) is 1. The lowest BCUT2D eigenvalue weighted by molar-refractivity contribution is -0.117. The molecule has 0 unspecified atom stereocenters. The van der Waals surface area contributed by atoms with Crippen molar-refractivity contribution < 1.29 is 14.7 Å². The molecule has 2 aromatic rings. The molecule has 1 atom stereocenters. The Labute approximate surface area is 116 Å². The van der Waals surface area contributed by atoms with E-state index in [4.69, 9.17) is 10.8 Å². The average molecular weight is 270 g/mol. The monoisotopic (exact) mass is 270 g/mol. The van der Waals surface area contributed by atoms with Crippen LogP contribution in [0.15, 0.2) is 54.6 Å². The van der Waals surface area contributed by atoms with Gasteiger partial charge >= 0.3 is 5.97 Å². The van der Waals surface area contributed by atoms with Crippen molar-refractivity contribution in [3.8, 4) is 0 Å². The molecule has 5 heteroatoms. The fourth-order valence-corrected chi connectivity index (χ4v) is 1.76. The van der Waals surface area contributed by atoms with Crippen LogP contribution >= 0.6 is 0 Å². The molecule has 2 rings (SSSR count). The molecule has 0 spiro atoms. The molecule has 102 valence electrons. The van der Waals surface area contributed by atoms with Crippen LogP contribution < -0.4 is 11.1 Å². The molecule has 0 saturated carbocycles. The second-order valence-electron chi connectivity index (χ2n) is 4.26. The molecule has 0 aliphatic carbocycles. The summed E-state index contributed by atoms with van der Waals surface area (Å²) in [5, 5.41) is 11.5. The number of hydrogen-bond donors (Lipinski definition) is 3. The van der Waals surface area contributed by atoms with E-state index in [0.29, 0.717) is 11.3 Å². The van der Waals surface area contributed by atoms with Crippen molar-refractivity contribution in [1.82, 2.24) is 0 Å². The lowest BCUT2D eigenvalue weighted by atomic mass is 10.1. The smallest absolute Gasteiger partial charge is 0.335 e. The molecule has 2 aromatic carbocycles. The van der Waals surface area contributed by atoms with E-state index in [1.807, 2.05) is 6.07 Å². The highest BCUT2D eigenvalue weighted by atomic mass is 16.4. The van der Waals surface area contributed by atoms with Gasteiger partial charge in [-0.15, -0.1) is 0 Å². The standard InChI is InChI=1S/C15H14N2O3/c16-13(10-5-2-1-3-6-10)14(18)17-12-8-4-7-11(9-12)15(19)20/h1-9,13H,16H2,(H,17,18)(H,19,20)/t13-/m0/s1. The van der Waals surface area contributed by atoms with Gasteiger partial charge in [0.15, 0.2) is 0 Å². The molecular weight excluding hydrogens is 256 g/mol. The second kappa shape index (κ2) is 5.99. The van der Waals surface area contributed by atoms with E-state index < -0.39 is 17.9 Å². The summed E-state index contributed by atoms with van der Waals surface area (Å²) in [6.45, 7) is 0. The molecule has 0 saturated heterocycles. The number of anilines is 1. The first-order chi connectivity index (χ1) is 9.58. The average Bonchev–Trinajstić information content (AvgIpc) is 2.47. The Morgan fingerprint density at radius 1 is 1.05 bits per heavy atom. The van der Waals surface area contributed by atoms with Gasteiger partial charge in [0, 0.05) is 5.69 Å². The Morgan fingerprint density at radius 2 is 1.75 bits per heavy atom. The van der Waals surface area contributed by atoms with Crippen LogP contribution in [0, 0.1) is 0 Å². The third-order valence-corrected chi connectivity index (χ3v) is 2.82. The number of benzene rings is 2. The van der Waals surface area contributed by atoms with E-state index >= 15 is 0 Å². The first-order valence-electron chi connectivity index (χ1n) is 6.02. The molecule has 1 amide bonds. The molecule has 0 bridgehead atoms. The summed E-state index contributed by atoms with van der Waals surface area (Å²) >= 11 is 0. The van der Waals surface area contributed by atoms with E-state index in [0.717, 1.165) is 0 Å². The van der Waals surface area contributed by atoms with E-state index in [1.165, 1.54) is 12.1 Å². The Kier molecular flexibility index (Phi) is 4.12. The number of rotatable bonds is 4. The number of amides is 1. The predicted octanol–water partition coefficient (Wildman–Crippen LogP) is 2.02. The van der Waals surface area contributed by atoms with Crippen molar-refractivity contribution in [2.75, 3.05) is 5.32 Å². The maximum absolute atomic E-state index is 12.0. The topological polar surface area (TPSA) is 92.4 Å². The molecule has 4 N–H and O–H groups in total. The lowest BCUT2D eigenvalue weighted by Crippen LogP contribution is -2.27. The third kappa shape index (κ3) is 3.21. The molecule has 20 heavy (non-hydrogen) atoms. The van der Waals surface area contributed by atoms with E-state index in [9.17, 15) is 9.59 Å². The zero-order valence-corrected chi connectivity index (χ0v) is 10.6. The molecule has 0 fully saturated rings. The second-order valence-corrected chi connectivity index (χ2v) is 4.26. The molecule has 0 aliphatic rings. The minimum Gasteiger partial charge on any atom is -0.478 e. The van der Waals surface area contributed by atoms with Crippen molar-refractivity contribution in [3.63, 3.8) is 0 Å². The van der Waals surface area contributed by atoms with E-state index in [2.05, 4.69) is 5.32 Å². The summed E-state index contributed by atoms with van der Waals surface area (Å²) in [7, 11) is 0. The van der Waals surface area contributed by atoms with Crippen molar-refractivity contribution in [2.45, 2.75) is 6.04 Å². The van der Waals surface area contributed by atoms with E-state index in [-0.39, 0.29) is 5.56 Å². The van der Waals surface area contributed by atoms with Gasteiger partial charge in [0.05, 0.1) is 5.56 Å². The van der Waals surface area contributed by atoms with Gasteiger partial charge in [-0.05, 0) is 23.8 Å². The van der Waals surface area contributed by atoms with Crippen LogP contribution in [0.25, 0.3) is 0 Å². The molecule has 0 radical (unpaired) electrons. The number of hydrogen-bond acceptors (Lipinski definition) is 3. The van der Waals surface area contributed by atoms with Crippen LogP contribution in [-0.2, 0) is 4.79 Å². The number of aromatic carboxylic acids is 1. The Bertz CT molecular complexity index is 626. The van der Waals surface area contributed by atoms with Gasteiger partial charge in [-0.3, -0.25) is 4.79 Å².